The van der Waals surface area contributed by atoms with Crippen LogP contribution in [0.15, 0.2) is 59.1 Å². The maximum Gasteiger partial charge on any atom is 0.416 e. The summed E-state index contributed by atoms with van der Waals surface area (Å²) >= 11 is 0. The number of anilines is 1. The Hall–Kier alpha value is -3.29. The van der Waals surface area contributed by atoms with E-state index < -0.39 is 17.2 Å². The van der Waals surface area contributed by atoms with Crippen LogP contribution in [0.5, 0.6) is 5.75 Å². The van der Waals surface area contributed by atoms with E-state index in [0.717, 1.165) is 17.7 Å². The first-order valence-corrected chi connectivity index (χ1v) is 8.92. The molecule has 3 aromatic rings. The van der Waals surface area contributed by atoms with E-state index in [9.17, 15) is 18.0 Å². The van der Waals surface area contributed by atoms with Crippen LogP contribution in [-0.4, -0.2) is 18.2 Å². The molecule has 0 aliphatic heterocycles. The number of methoxy groups -OCH3 is 1. The van der Waals surface area contributed by atoms with Gasteiger partial charge in [0.25, 0.3) is 0 Å². The second kappa shape index (κ2) is 6.95. The van der Waals surface area contributed by atoms with Gasteiger partial charge in [0, 0.05) is 17.3 Å². The molecule has 0 atom stereocenters. The molecule has 1 N–H and O–H groups in total. The number of ether oxygens (including phenoxy) is 1. The molecule has 4 rings (SSSR count). The lowest BCUT2D eigenvalue weighted by Crippen LogP contribution is -2.28. The largest absolute Gasteiger partial charge is 0.497 e. The maximum absolute atomic E-state index is 12.8. The number of alkyl halides is 3. The molecule has 0 bridgehead atoms. The molecular formula is C21H17F3N2O3. The van der Waals surface area contributed by atoms with Crippen LogP contribution in [-0.2, 0) is 16.4 Å². The fourth-order valence-corrected chi connectivity index (χ4v) is 3.13. The first-order chi connectivity index (χ1) is 13.8. The zero-order valence-electron chi connectivity index (χ0n) is 15.4. The molecule has 1 heterocycles. The van der Waals surface area contributed by atoms with Crippen molar-refractivity contribution in [1.29, 1.82) is 0 Å². The Morgan fingerprint density at radius 2 is 1.86 bits per heavy atom. The number of nitrogens with one attached hydrogen (secondary N) is 1. The molecule has 2 aromatic carbocycles. The van der Waals surface area contributed by atoms with Crippen LogP contribution in [0, 0.1) is 0 Å². The van der Waals surface area contributed by atoms with E-state index in [1.165, 1.54) is 12.1 Å². The highest BCUT2D eigenvalue weighted by Gasteiger charge is 2.53. The summed E-state index contributed by atoms with van der Waals surface area (Å²) < 4.78 is 48.7. The third kappa shape index (κ3) is 3.70. The number of rotatable bonds is 5. The molecule has 5 nitrogen and oxygen atoms in total. The van der Waals surface area contributed by atoms with Gasteiger partial charge < -0.3 is 14.6 Å². The number of carbonyl (C=O) groups is 1. The zero-order chi connectivity index (χ0) is 20.6. The number of aromatic nitrogens is 1. The summed E-state index contributed by atoms with van der Waals surface area (Å²) in [6.45, 7) is 0. The van der Waals surface area contributed by atoms with E-state index in [1.54, 1.807) is 25.3 Å². The van der Waals surface area contributed by atoms with Gasteiger partial charge in [-0.1, -0.05) is 17.3 Å². The van der Waals surface area contributed by atoms with Crippen molar-refractivity contribution in [3.8, 4) is 17.1 Å². The predicted octanol–water partition coefficient (Wildman–Crippen LogP) is 5.04. The molecule has 150 valence electrons. The van der Waals surface area contributed by atoms with E-state index in [2.05, 4.69) is 10.5 Å². The van der Waals surface area contributed by atoms with Crippen molar-refractivity contribution in [2.24, 2.45) is 0 Å². The Balaban J connectivity index is 1.52. The normalized spacial score (nSPS) is 15.0. The number of halogens is 3. The molecule has 0 saturated heterocycles. The Labute approximate surface area is 164 Å². The highest BCUT2D eigenvalue weighted by Crippen LogP contribution is 2.49. The molecule has 1 aromatic heterocycles. The second-order valence-electron chi connectivity index (χ2n) is 6.92. The number of benzene rings is 2. The molecule has 1 aliphatic carbocycles. The molecular weight excluding hydrogens is 385 g/mol. The number of carbonyl (C=O) groups excluding carboxylic acids is 1. The van der Waals surface area contributed by atoms with Gasteiger partial charge in [0.15, 0.2) is 5.76 Å². The quantitative estimate of drug-likeness (QED) is 0.650. The third-order valence-corrected chi connectivity index (χ3v) is 5.01. The molecule has 0 radical (unpaired) electrons. The monoisotopic (exact) mass is 402 g/mol. The third-order valence-electron chi connectivity index (χ3n) is 5.01. The van der Waals surface area contributed by atoms with Crippen LogP contribution in [0.25, 0.3) is 11.3 Å². The van der Waals surface area contributed by atoms with Crippen molar-refractivity contribution in [3.05, 3.63) is 65.9 Å². The molecule has 1 amide bonds. The number of amides is 1. The predicted molar refractivity (Wildman–Crippen MR) is 99.5 cm³/mol. The molecule has 29 heavy (non-hydrogen) atoms. The highest BCUT2D eigenvalue weighted by molar-refractivity contribution is 6.01. The first-order valence-electron chi connectivity index (χ1n) is 8.92. The summed E-state index contributed by atoms with van der Waals surface area (Å²) in [7, 11) is 1.57. The van der Waals surface area contributed by atoms with E-state index in [-0.39, 0.29) is 5.91 Å². The zero-order valence-corrected chi connectivity index (χ0v) is 15.4. The molecule has 1 saturated carbocycles. The summed E-state index contributed by atoms with van der Waals surface area (Å²) in [4.78, 5) is 12.8. The fourth-order valence-electron chi connectivity index (χ4n) is 3.13. The van der Waals surface area contributed by atoms with Crippen molar-refractivity contribution >= 4 is 11.6 Å². The summed E-state index contributed by atoms with van der Waals surface area (Å²) in [6.07, 6.45) is -3.25. The van der Waals surface area contributed by atoms with Crippen LogP contribution in [0.2, 0.25) is 0 Å². The number of hydrogen-bond acceptors (Lipinski definition) is 4. The van der Waals surface area contributed by atoms with Gasteiger partial charge >= 0.3 is 6.18 Å². The fraction of sp³-hybridized carbons (Fsp3) is 0.238. The van der Waals surface area contributed by atoms with E-state index >= 15 is 0 Å². The number of hydrogen-bond donors (Lipinski definition) is 1. The first kappa shape index (κ1) is 19.0. The average molecular weight is 402 g/mol. The van der Waals surface area contributed by atoms with Gasteiger partial charge in [0.05, 0.1) is 23.8 Å². The molecule has 0 spiro atoms. The topological polar surface area (TPSA) is 64.4 Å². The average Bonchev–Trinajstić information content (AvgIpc) is 3.37. The van der Waals surface area contributed by atoms with E-state index in [1.807, 2.05) is 12.1 Å². The lowest BCUT2D eigenvalue weighted by Gasteiger charge is -2.13. The summed E-state index contributed by atoms with van der Waals surface area (Å²) in [5.74, 6) is 0.858. The lowest BCUT2D eigenvalue weighted by molar-refractivity contribution is -0.137. The molecule has 1 aliphatic rings. The molecule has 1 fully saturated rings. The van der Waals surface area contributed by atoms with Gasteiger partial charge in [0.1, 0.15) is 5.75 Å². The van der Waals surface area contributed by atoms with E-state index in [4.69, 9.17) is 9.26 Å². The van der Waals surface area contributed by atoms with Gasteiger partial charge in [-0.25, -0.2) is 0 Å². The minimum Gasteiger partial charge on any atom is -0.497 e. The summed E-state index contributed by atoms with van der Waals surface area (Å²) in [5, 5.41) is 6.75. The van der Waals surface area contributed by atoms with Gasteiger partial charge in [-0.2, -0.15) is 13.2 Å². The minimum absolute atomic E-state index is 0.297. The van der Waals surface area contributed by atoms with Crippen LogP contribution in [0.1, 0.15) is 24.1 Å². The van der Waals surface area contributed by atoms with Crippen molar-refractivity contribution in [2.75, 3.05) is 12.4 Å². The second-order valence-corrected chi connectivity index (χ2v) is 6.92. The smallest absolute Gasteiger partial charge is 0.416 e. The maximum atomic E-state index is 12.8. The summed E-state index contributed by atoms with van der Waals surface area (Å²) in [6, 6.07) is 13.3. The Morgan fingerprint density at radius 3 is 2.48 bits per heavy atom. The van der Waals surface area contributed by atoms with E-state index in [0.29, 0.717) is 35.7 Å². The van der Waals surface area contributed by atoms with Crippen molar-refractivity contribution in [1.82, 2.24) is 5.16 Å². The van der Waals surface area contributed by atoms with Crippen LogP contribution >= 0.6 is 0 Å². The van der Waals surface area contributed by atoms with Crippen LogP contribution < -0.4 is 10.1 Å². The van der Waals surface area contributed by atoms with Gasteiger partial charge in [-0.3, -0.25) is 4.79 Å². The summed E-state index contributed by atoms with van der Waals surface area (Å²) in [5.41, 5.74) is -0.0350. The lowest BCUT2D eigenvalue weighted by atomic mass is 10.00. The SMILES string of the molecule is COc1cccc(-c2cc(C3(C(=O)Nc4ccc(C(F)(F)F)cc4)CC3)no2)c1. The molecule has 8 heteroatoms. The van der Waals surface area contributed by atoms with Crippen molar-refractivity contribution in [3.63, 3.8) is 0 Å². The van der Waals surface area contributed by atoms with Gasteiger partial charge in [-0.05, 0) is 49.2 Å². The van der Waals surface area contributed by atoms with Crippen molar-refractivity contribution in [2.45, 2.75) is 24.4 Å². The van der Waals surface area contributed by atoms with Crippen LogP contribution in [0.4, 0.5) is 18.9 Å². The Kier molecular flexibility index (Phi) is 4.56. The standard InChI is InChI=1S/C21H17F3N2O3/c1-28-16-4-2-3-13(11-16)17-12-18(26-29-17)20(9-10-20)19(27)25-15-7-5-14(6-8-15)21(22,23)24/h2-8,11-12H,9-10H2,1H3,(H,25,27). The van der Waals surface area contributed by atoms with Gasteiger partial charge in [0.2, 0.25) is 5.91 Å². The Bertz CT molecular complexity index is 1040. The molecule has 0 unspecified atom stereocenters. The minimum atomic E-state index is -4.42. The highest BCUT2D eigenvalue weighted by atomic mass is 19.4. The van der Waals surface area contributed by atoms with Crippen molar-refractivity contribution < 1.29 is 27.2 Å². The van der Waals surface area contributed by atoms with Gasteiger partial charge in [-0.15, -0.1) is 0 Å². The number of nitrogens with zero attached hydrogens (tertiary/aromatic N) is 1. The Morgan fingerprint density at radius 1 is 1.14 bits per heavy atom. The van der Waals surface area contributed by atoms with Crippen LogP contribution in [0.3, 0.4) is 0 Å².